The molecule has 0 saturated carbocycles. The third kappa shape index (κ3) is 2.91. The zero-order valence-corrected chi connectivity index (χ0v) is 9.14. The van der Waals surface area contributed by atoms with Gasteiger partial charge in [0.1, 0.15) is 0 Å². The van der Waals surface area contributed by atoms with Crippen LogP contribution < -0.4 is 0 Å². The van der Waals surface area contributed by atoms with Crippen molar-refractivity contribution in [2.45, 2.75) is 39.5 Å². The van der Waals surface area contributed by atoms with Crippen LogP contribution in [0.5, 0.6) is 0 Å². The maximum atomic E-state index is 2.38. The van der Waals surface area contributed by atoms with Crippen LogP contribution in [0, 0.1) is 0 Å². The average molecular weight is 179 g/mol. The second-order valence-corrected chi connectivity index (χ2v) is 3.76. The van der Waals surface area contributed by atoms with Crippen LogP contribution in [0.1, 0.15) is 39.5 Å². The van der Waals surface area contributed by atoms with Gasteiger partial charge >= 0.3 is 0 Å². The minimum absolute atomic E-state index is 1.18. The Labute approximate surface area is 82.1 Å². The lowest BCUT2D eigenvalue weighted by molar-refractivity contribution is 0.398. The fourth-order valence-electron chi connectivity index (χ4n) is 1.76. The highest BCUT2D eigenvalue weighted by molar-refractivity contribution is 5.22. The van der Waals surface area contributed by atoms with Gasteiger partial charge in [-0.1, -0.05) is 25.5 Å². The highest BCUT2D eigenvalue weighted by atomic mass is 15.1. The van der Waals surface area contributed by atoms with Crippen LogP contribution in [-0.4, -0.2) is 18.5 Å². The Morgan fingerprint density at radius 3 is 2.46 bits per heavy atom. The van der Waals surface area contributed by atoms with Crippen molar-refractivity contribution in [1.82, 2.24) is 4.90 Å². The van der Waals surface area contributed by atoms with E-state index in [1.807, 2.05) is 0 Å². The summed E-state index contributed by atoms with van der Waals surface area (Å²) in [5.74, 6) is 0. The molecule has 0 spiro atoms. The third-order valence-corrected chi connectivity index (χ3v) is 2.72. The monoisotopic (exact) mass is 179 g/mol. The molecule has 1 heteroatoms. The maximum absolute atomic E-state index is 2.38. The predicted octanol–water partition coefficient (Wildman–Crippen LogP) is 3.34. The first-order valence-electron chi connectivity index (χ1n) is 5.37. The molecule has 0 aromatic rings. The lowest BCUT2D eigenvalue weighted by Crippen LogP contribution is -2.19. The van der Waals surface area contributed by atoms with Gasteiger partial charge in [-0.2, -0.15) is 0 Å². The van der Waals surface area contributed by atoms with Gasteiger partial charge in [-0.3, -0.25) is 0 Å². The Hall–Kier alpha value is -0.720. The van der Waals surface area contributed by atoms with Crippen LogP contribution >= 0.6 is 0 Å². The number of allylic oxidation sites excluding steroid dienone is 4. The molecule has 0 bridgehead atoms. The summed E-state index contributed by atoms with van der Waals surface area (Å²) >= 11 is 0. The lowest BCUT2D eigenvalue weighted by atomic mass is 10.00. The van der Waals surface area contributed by atoms with E-state index in [0.29, 0.717) is 0 Å². The summed E-state index contributed by atoms with van der Waals surface area (Å²) < 4.78 is 0. The minimum Gasteiger partial charge on any atom is -0.378 e. The van der Waals surface area contributed by atoms with Crippen molar-refractivity contribution in [3.8, 4) is 0 Å². The molecule has 0 heterocycles. The topological polar surface area (TPSA) is 3.24 Å². The Kier molecular flexibility index (Phi) is 4.07. The van der Waals surface area contributed by atoms with Gasteiger partial charge in [-0.15, -0.1) is 0 Å². The van der Waals surface area contributed by atoms with Crippen molar-refractivity contribution < 1.29 is 0 Å². The molecular formula is C12H21N. The summed E-state index contributed by atoms with van der Waals surface area (Å²) in [6, 6.07) is 0. The molecule has 1 aliphatic carbocycles. The zero-order chi connectivity index (χ0) is 9.68. The Morgan fingerprint density at radius 2 is 2.00 bits per heavy atom. The largest absolute Gasteiger partial charge is 0.378 e. The fourth-order valence-corrected chi connectivity index (χ4v) is 1.76. The number of hydrogen-bond acceptors (Lipinski definition) is 1. The van der Waals surface area contributed by atoms with Crippen LogP contribution in [0.15, 0.2) is 23.4 Å². The number of nitrogens with zero attached hydrogens (tertiary/aromatic N) is 1. The second kappa shape index (κ2) is 5.11. The van der Waals surface area contributed by atoms with Gasteiger partial charge in [0.05, 0.1) is 0 Å². The van der Waals surface area contributed by atoms with E-state index in [9.17, 15) is 0 Å². The van der Waals surface area contributed by atoms with Crippen molar-refractivity contribution in [1.29, 1.82) is 0 Å². The number of hydrogen-bond donors (Lipinski definition) is 0. The van der Waals surface area contributed by atoms with Crippen LogP contribution in [-0.2, 0) is 0 Å². The highest BCUT2D eigenvalue weighted by Gasteiger charge is 2.07. The Morgan fingerprint density at radius 1 is 1.23 bits per heavy atom. The number of rotatable bonds is 4. The molecule has 0 fully saturated rings. The van der Waals surface area contributed by atoms with Crippen LogP contribution in [0.2, 0.25) is 0 Å². The molecule has 13 heavy (non-hydrogen) atoms. The van der Waals surface area contributed by atoms with E-state index >= 15 is 0 Å². The van der Waals surface area contributed by atoms with E-state index in [0.717, 1.165) is 0 Å². The molecule has 0 aromatic heterocycles. The molecule has 74 valence electrons. The quantitative estimate of drug-likeness (QED) is 0.639. The second-order valence-electron chi connectivity index (χ2n) is 3.76. The van der Waals surface area contributed by atoms with Gasteiger partial charge in [0.25, 0.3) is 0 Å². The van der Waals surface area contributed by atoms with Crippen LogP contribution in [0.3, 0.4) is 0 Å². The summed E-state index contributed by atoms with van der Waals surface area (Å²) in [6.45, 7) is 5.65. The first-order valence-corrected chi connectivity index (χ1v) is 5.37. The molecule has 0 aliphatic heterocycles. The van der Waals surface area contributed by atoms with Crippen molar-refractivity contribution >= 4 is 0 Å². The summed E-state index contributed by atoms with van der Waals surface area (Å²) in [5.41, 5.74) is 3.09. The molecule has 0 N–H and O–H groups in total. The van der Waals surface area contributed by atoms with Crippen molar-refractivity contribution in [3.05, 3.63) is 23.4 Å². The lowest BCUT2D eigenvalue weighted by Gasteiger charge is -2.24. The van der Waals surface area contributed by atoms with Crippen LogP contribution in [0.25, 0.3) is 0 Å². The average Bonchev–Trinajstić information content (AvgIpc) is 2.18. The van der Waals surface area contributed by atoms with Gasteiger partial charge in [0.2, 0.25) is 0 Å². The smallest absolute Gasteiger partial charge is 0.0169 e. The zero-order valence-electron chi connectivity index (χ0n) is 9.14. The van der Waals surface area contributed by atoms with E-state index < -0.39 is 0 Å². The van der Waals surface area contributed by atoms with Crippen molar-refractivity contribution in [3.63, 3.8) is 0 Å². The summed E-state index contributed by atoms with van der Waals surface area (Å²) in [5, 5.41) is 0. The summed E-state index contributed by atoms with van der Waals surface area (Å²) in [6.07, 6.45) is 9.52. The van der Waals surface area contributed by atoms with Gasteiger partial charge < -0.3 is 4.90 Å². The molecule has 1 aliphatic rings. The molecule has 0 radical (unpaired) electrons. The molecule has 1 rings (SSSR count). The van der Waals surface area contributed by atoms with Crippen LogP contribution in [0.4, 0.5) is 0 Å². The van der Waals surface area contributed by atoms with Gasteiger partial charge in [0, 0.05) is 19.3 Å². The van der Waals surface area contributed by atoms with E-state index in [-0.39, 0.29) is 0 Å². The standard InChI is InChI=1S/C12H21N/c1-4-10-13(3)12-8-6-11(5-2)7-9-12/h6,8H,4-5,7,9-10H2,1-3H3. The van der Waals surface area contributed by atoms with Gasteiger partial charge in [-0.05, 0) is 31.8 Å². The molecule has 0 atom stereocenters. The first kappa shape index (κ1) is 10.4. The third-order valence-electron chi connectivity index (χ3n) is 2.72. The van der Waals surface area contributed by atoms with Gasteiger partial charge in [0.15, 0.2) is 0 Å². The molecule has 0 aromatic carbocycles. The minimum atomic E-state index is 1.18. The SMILES string of the molecule is CCCN(C)C1=CC=C(CC)CC1. The summed E-state index contributed by atoms with van der Waals surface area (Å²) in [4.78, 5) is 2.38. The molecule has 0 unspecified atom stereocenters. The Bertz CT molecular complexity index is 213. The molecule has 1 nitrogen and oxygen atoms in total. The van der Waals surface area contributed by atoms with Crippen molar-refractivity contribution in [2.75, 3.05) is 13.6 Å². The van der Waals surface area contributed by atoms with Crippen molar-refractivity contribution in [2.24, 2.45) is 0 Å². The normalized spacial score (nSPS) is 16.5. The predicted molar refractivity (Wildman–Crippen MR) is 58.6 cm³/mol. The molecule has 0 amide bonds. The van der Waals surface area contributed by atoms with E-state index in [1.165, 1.54) is 37.9 Å². The van der Waals surface area contributed by atoms with E-state index in [1.54, 1.807) is 5.57 Å². The Balaban J connectivity index is 2.53. The molecule has 0 saturated heterocycles. The maximum Gasteiger partial charge on any atom is 0.0169 e. The summed E-state index contributed by atoms with van der Waals surface area (Å²) in [7, 11) is 2.19. The van der Waals surface area contributed by atoms with E-state index in [2.05, 4.69) is 37.9 Å². The highest BCUT2D eigenvalue weighted by Crippen LogP contribution is 2.22. The molecular weight excluding hydrogens is 158 g/mol. The fraction of sp³-hybridized carbons (Fsp3) is 0.667. The van der Waals surface area contributed by atoms with E-state index in [4.69, 9.17) is 0 Å². The van der Waals surface area contributed by atoms with Gasteiger partial charge in [-0.25, -0.2) is 0 Å². The first-order chi connectivity index (χ1) is 6.27.